The van der Waals surface area contributed by atoms with E-state index in [1.165, 1.54) is 36.5 Å². The number of nitrogens with one attached hydrogen (secondary N) is 2. The highest BCUT2D eigenvalue weighted by Gasteiger charge is 2.15. The zero-order valence-electron chi connectivity index (χ0n) is 15.1. The predicted molar refractivity (Wildman–Crippen MR) is 104 cm³/mol. The molecule has 0 atom stereocenters. The second-order valence-corrected chi connectivity index (χ2v) is 6.21. The maximum absolute atomic E-state index is 13.3. The number of halogens is 1. The Morgan fingerprint density at radius 2 is 1.62 bits per heavy atom. The lowest BCUT2D eigenvalue weighted by Gasteiger charge is -2.19. The maximum atomic E-state index is 13.3. The summed E-state index contributed by atoms with van der Waals surface area (Å²) >= 11 is 0. The second-order valence-electron chi connectivity index (χ2n) is 6.21. The van der Waals surface area contributed by atoms with Crippen LogP contribution in [-0.4, -0.2) is 30.0 Å². The molecule has 2 heterocycles. The highest BCUT2D eigenvalue weighted by Crippen LogP contribution is 2.32. The van der Waals surface area contributed by atoms with Crippen LogP contribution in [0.4, 0.5) is 15.8 Å². The fourth-order valence-corrected chi connectivity index (χ4v) is 2.78. The number of benzene rings is 2. The molecule has 2 N–H and O–H groups in total. The first-order valence-electron chi connectivity index (χ1n) is 8.82. The molecule has 1 aromatic heterocycles. The third-order valence-corrected chi connectivity index (χ3v) is 4.14. The van der Waals surface area contributed by atoms with Crippen LogP contribution < -0.4 is 20.1 Å². The van der Waals surface area contributed by atoms with Gasteiger partial charge < -0.3 is 20.1 Å². The monoisotopic (exact) mass is 393 g/mol. The van der Waals surface area contributed by atoms with Crippen LogP contribution in [0.25, 0.3) is 0 Å². The molecular formula is C21H16FN3O4. The Bertz CT molecular complexity index is 1090. The number of carbonyl (C=O) groups excluding carboxylic acids is 2. The van der Waals surface area contributed by atoms with E-state index in [2.05, 4.69) is 15.6 Å². The van der Waals surface area contributed by atoms with Crippen LogP contribution in [-0.2, 0) is 0 Å². The molecule has 146 valence electrons. The van der Waals surface area contributed by atoms with Crippen molar-refractivity contribution < 1.29 is 23.5 Å². The van der Waals surface area contributed by atoms with E-state index in [0.717, 1.165) is 0 Å². The summed E-state index contributed by atoms with van der Waals surface area (Å²) in [6, 6.07) is 13.4. The summed E-state index contributed by atoms with van der Waals surface area (Å²) < 4.78 is 24.2. The molecule has 0 spiro atoms. The lowest BCUT2D eigenvalue weighted by atomic mass is 10.2. The zero-order chi connectivity index (χ0) is 20.2. The predicted octanol–water partition coefficient (Wildman–Crippen LogP) is 3.50. The number of ether oxygens (including phenoxy) is 2. The largest absolute Gasteiger partial charge is 0.486 e. The number of hydrogen-bond acceptors (Lipinski definition) is 5. The summed E-state index contributed by atoms with van der Waals surface area (Å²) in [5.74, 6) is -0.265. The molecule has 2 amide bonds. The zero-order valence-corrected chi connectivity index (χ0v) is 15.1. The van der Waals surface area contributed by atoms with Gasteiger partial charge in [-0.2, -0.15) is 0 Å². The Labute approximate surface area is 165 Å². The molecule has 0 radical (unpaired) electrons. The summed E-state index contributed by atoms with van der Waals surface area (Å²) in [6.45, 7) is 0.918. The van der Waals surface area contributed by atoms with Gasteiger partial charge in [0.15, 0.2) is 11.5 Å². The Kier molecular flexibility index (Phi) is 5.07. The molecule has 3 aromatic rings. The summed E-state index contributed by atoms with van der Waals surface area (Å²) in [7, 11) is 0. The van der Waals surface area contributed by atoms with Gasteiger partial charge in [0.1, 0.15) is 24.7 Å². The Morgan fingerprint density at radius 3 is 2.45 bits per heavy atom. The first kappa shape index (κ1) is 18.4. The van der Waals surface area contributed by atoms with Gasteiger partial charge in [-0.25, -0.2) is 4.39 Å². The second kappa shape index (κ2) is 7.97. The van der Waals surface area contributed by atoms with Crippen molar-refractivity contribution in [3.05, 3.63) is 77.9 Å². The number of amides is 2. The molecule has 1 aliphatic heterocycles. The number of fused-ring (bicyclic) bond motifs is 1. The molecule has 1 aliphatic rings. The standard InChI is InChI=1S/C21H16FN3O4/c22-14-2-1-3-15(11-14)24-20(26)13-6-7-23-17(10-13)21(27)25-16-4-5-18-19(12-16)29-9-8-28-18/h1-7,10-12H,8-9H2,(H,24,26)(H,25,27). The van der Waals surface area contributed by atoms with Crippen molar-refractivity contribution in [2.45, 2.75) is 0 Å². The smallest absolute Gasteiger partial charge is 0.274 e. The first-order chi connectivity index (χ1) is 14.1. The van der Waals surface area contributed by atoms with E-state index in [-0.39, 0.29) is 11.3 Å². The van der Waals surface area contributed by atoms with Gasteiger partial charge in [0.25, 0.3) is 11.8 Å². The van der Waals surface area contributed by atoms with Gasteiger partial charge >= 0.3 is 0 Å². The summed E-state index contributed by atoms with van der Waals surface area (Å²) in [4.78, 5) is 28.9. The number of nitrogens with zero attached hydrogens (tertiary/aromatic N) is 1. The van der Waals surface area contributed by atoms with Gasteiger partial charge in [0.2, 0.25) is 0 Å². The third kappa shape index (κ3) is 4.32. The van der Waals surface area contributed by atoms with Gasteiger partial charge in [0.05, 0.1) is 0 Å². The van der Waals surface area contributed by atoms with Crippen LogP contribution in [0.3, 0.4) is 0 Å². The van der Waals surface area contributed by atoms with Crippen LogP contribution in [0.2, 0.25) is 0 Å². The van der Waals surface area contributed by atoms with Crippen LogP contribution in [0.15, 0.2) is 60.8 Å². The Balaban J connectivity index is 1.47. The van der Waals surface area contributed by atoms with Crippen LogP contribution >= 0.6 is 0 Å². The quantitative estimate of drug-likeness (QED) is 0.708. The molecule has 0 aliphatic carbocycles. The van der Waals surface area contributed by atoms with E-state index in [9.17, 15) is 14.0 Å². The van der Waals surface area contributed by atoms with E-state index in [4.69, 9.17) is 9.47 Å². The molecule has 4 rings (SSSR count). The van der Waals surface area contributed by atoms with Gasteiger partial charge in [-0.1, -0.05) is 6.07 Å². The number of carbonyl (C=O) groups is 2. The van der Waals surface area contributed by atoms with Crippen LogP contribution in [0.5, 0.6) is 11.5 Å². The summed E-state index contributed by atoms with van der Waals surface area (Å²) in [5, 5.41) is 5.29. The normalized spacial score (nSPS) is 12.2. The Hall–Kier alpha value is -3.94. The van der Waals surface area contributed by atoms with E-state index < -0.39 is 17.6 Å². The van der Waals surface area contributed by atoms with Crippen molar-refractivity contribution in [1.29, 1.82) is 0 Å². The van der Waals surface area contributed by atoms with Gasteiger partial charge in [-0.15, -0.1) is 0 Å². The molecule has 8 heteroatoms. The molecule has 0 bridgehead atoms. The van der Waals surface area contributed by atoms with E-state index in [1.807, 2.05) is 0 Å². The van der Waals surface area contributed by atoms with E-state index in [1.54, 1.807) is 24.3 Å². The molecule has 0 saturated carbocycles. The van der Waals surface area contributed by atoms with Crippen molar-refractivity contribution in [2.24, 2.45) is 0 Å². The SMILES string of the molecule is O=C(Nc1cccc(F)c1)c1ccnc(C(=O)Nc2ccc3c(c2)OCCO3)c1. The number of hydrogen-bond donors (Lipinski definition) is 2. The van der Waals surface area contributed by atoms with E-state index >= 15 is 0 Å². The molecule has 0 fully saturated rings. The number of anilines is 2. The fraction of sp³-hybridized carbons (Fsp3) is 0.0952. The fourth-order valence-electron chi connectivity index (χ4n) is 2.78. The van der Waals surface area contributed by atoms with Crippen molar-refractivity contribution in [1.82, 2.24) is 4.98 Å². The van der Waals surface area contributed by atoms with Crippen LogP contribution in [0, 0.1) is 5.82 Å². The number of pyridine rings is 1. The summed E-state index contributed by atoms with van der Waals surface area (Å²) in [5.41, 5.74) is 1.10. The lowest BCUT2D eigenvalue weighted by Crippen LogP contribution is -2.18. The molecular weight excluding hydrogens is 377 g/mol. The number of aromatic nitrogens is 1. The highest BCUT2D eigenvalue weighted by molar-refractivity contribution is 6.07. The van der Waals surface area contributed by atoms with Gasteiger partial charge in [-0.05, 0) is 42.5 Å². The third-order valence-electron chi connectivity index (χ3n) is 4.14. The topological polar surface area (TPSA) is 89.6 Å². The first-order valence-corrected chi connectivity index (χ1v) is 8.82. The van der Waals surface area contributed by atoms with Gasteiger partial charge in [0, 0.05) is 29.2 Å². The molecule has 29 heavy (non-hydrogen) atoms. The molecule has 0 unspecified atom stereocenters. The maximum Gasteiger partial charge on any atom is 0.274 e. The molecule has 0 saturated heterocycles. The highest BCUT2D eigenvalue weighted by atomic mass is 19.1. The van der Waals surface area contributed by atoms with Crippen molar-refractivity contribution in [2.75, 3.05) is 23.8 Å². The minimum atomic E-state index is -0.484. The van der Waals surface area contributed by atoms with Crippen molar-refractivity contribution in [3.8, 4) is 11.5 Å². The average Bonchev–Trinajstić information content (AvgIpc) is 2.74. The van der Waals surface area contributed by atoms with Gasteiger partial charge in [-0.3, -0.25) is 14.6 Å². The lowest BCUT2D eigenvalue weighted by molar-refractivity contribution is 0.102. The average molecular weight is 393 g/mol. The Morgan fingerprint density at radius 1 is 0.862 bits per heavy atom. The minimum absolute atomic E-state index is 0.0618. The molecule has 7 nitrogen and oxygen atoms in total. The summed E-state index contributed by atoms with van der Waals surface area (Å²) in [6.07, 6.45) is 1.36. The number of rotatable bonds is 4. The van der Waals surface area contributed by atoms with Crippen molar-refractivity contribution >= 4 is 23.2 Å². The molecule has 2 aromatic carbocycles. The van der Waals surface area contributed by atoms with Crippen molar-refractivity contribution in [3.63, 3.8) is 0 Å². The van der Waals surface area contributed by atoms with E-state index in [0.29, 0.717) is 36.1 Å². The van der Waals surface area contributed by atoms with Crippen LogP contribution in [0.1, 0.15) is 20.8 Å². The minimum Gasteiger partial charge on any atom is -0.486 e.